The monoisotopic (exact) mass is 351 g/mol. The number of nitro benzene ring substituents is 1. The normalized spacial score (nSPS) is 11.5. The molecule has 23 heavy (non-hydrogen) atoms. The third-order valence-electron chi connectivity index (χ3n) is 3.03. The Morgan fingerprint density at radius 2 is 2.00 bits per heavy atom. The average molecular weight is 351 g/mol. The summed E-state index contributed by atoms with van der Waals surface area (Å²) in [4.78, 5) is 10.2. The van der Waals surface area contributed by atoms with Crippen LogP contribution >= 0.6 is 11.7 Å². The Labute approximate surface area is 134 Å². The predicted molar refractivity (Wildman–Crippen MR) is 83.1 cm³/mol. The molecular weight excluding hydrogens is 342 g/mol. The van der Waals surface area contributed by atoms with Crippen LogP contribution in [0.15, 0.2) is 41.3 Å². The number of hydrogen-bond donors (Lipinski definition) is 0. The van der Waals surface area contributed by atoms with Gasteiger partial charge in [0.25, 0.3) is 0 Å². The molecule has 118 valence electrons. The van der Waals surface area contributed by atoms with Crippen LogP contribution in [0.3, 0.4) is 0 Å². The summed E-state index contributed by atoms with van der Waals surface area (Å²) in [7, 11) is -4.28. The molecule has 0 aliphatic heterocycles. The highest BCUT2D eigenvalue weighted by Crippen LogP contribution is 2.31. The van der Waals surface area contributed by atoms with Crippen molar-refractivity contribution in [3.8, 4) is 5.75 Å². The molecule has 0 saturated heterocycles. The largest absolute Gasteiger partial charge is 0.372 e. The van der Waals surface area contributed by atoms with Crippen molar-refractivity contribution < 1.29 is 17.5 Å². The van der Waals surface area contributed by atoms with Crippen LogP contribution in [0, 0.1) is 17.0 Å². The first-order valence-electron chi connectivity index (χ1n) is 6.29. The minimum Gasteiger partial charge on any atom is -0.372 e. The van der Waals surface area contributed by atoms with E-state index in [2.05, 4.69) is 8.75 Å². The molecule has 0 saturated carbocycles. The Morgan fingerprint density at radius 3 is 2.74 bits per heavy atom. The maximum absolute atomic E-state index is 12.5. The zero-order valence-electron chi connectivity index (χ0n) is 11.7. The lowest BCUT2D eigenvalue weighted by atomic mass is 10.2. The fraction of sp³-hybridized carbons (Fsp3) is 0.0769. The van der Waals surface area contributed by atoms with Crippen molar-refractivity contribution in [1.29, 1.82) is 0 Å². The van der Waals surface area contributed by atoms with Crippen molar-refractivity contribution in [3.63, 3.8) is 0 Å². The summed E-state index contributed by atoms with van der Waals surface area (Å²) in [5.41, 5.74) is 0.787. The molecule has 0 amide bonds. The lowest BCUT2D eigenvalue weighted by molar-refractivity contribution is -0.385. The Kier molecular flexibility index (Phi) is 3.70. The van der Waals surface area contributed by atoms with Crippen molar-refractivity contribution in [2.45, 2.75) is 11.8 Å². The first-order chi connectivity index (χ1) is 10.9. The molecule has 10 heteroatoms. The van der Waals surface area contributed by atoms with Crippen LogP contribution in [0.1, 0.15) is 5.56 Å². The molecule has 0 N–H and O–H groups in total. The fourth-order valence-electron chi connectivity index (χ4n) is 1.99. The molecule has 0 fully saturated rings. The van der Waals surface area contributed by atoms with E-state index in [1.54, 1.807) is 13.0 Å². The van der Waals surface area contributed by atoms with E-state index >= 15 is 0 Å². The van der Waals surface area contributed by atoms with Gasteiger partial charge in [0, 0.05) is 6.07 Å². The number of nitro groups is 1. The van der Waals surface area contributed by atoms with Gasteiger partial charge in [-0.25, -0.2) is 0 Å². The minimum absolute atomic E-state index is 0.173. The average Bonchev–Trinajstić information content (AvgIpc) is 2.96. The van der Waals surface area contributed by atoms with Gasteiger partial charge in [-0.1, -0.05) is 12.1 Å². The highest BCUT2D eigenvalue weighted by atomic mass is 32.2. The molecule has 0 radical (unpaired) electrons. The lowest BCUT2D eigenvalue weighted by Gasteiger charge is -2.08. The highest BCUT2D eigenvalue weighted by Gasteiger charge is 2.26. The number of nitrogens with zero attached hydrogens (tertiary/aromatic N) is 3. The molecule has 1 heterocycles. The minimum atomic E-state index is -4.28. The van der Waals surface area contributed by atoms with E-state index in [1.165, 1.54) is 30.3 Å². The molecule has 0 atom stereocenters. The molecule has 8 nitrogen and oxygen atoms in total. The van der Waals surface area contributed by atoms with Gasteiger partial charge in [-0.05, 0) is 30.7 Å². The smallest absolute Gasteiger partial charge is 0.341 e. The number of rotatable bonds is 4. The fourth-order valence-corrected chi connectivity index (χ4v) is 3.69. The third-order valence-corrected chi connectivity index (χ3v) is 4.84. The maximum Gasteiger partial charge on any atom is 0.341 e. The first-order valence-corrected chi connectivity index (χ1v) is 8.43. The van der Waals surface area contributed by atoms with Gasteiger partial charge >= 0.3 is 15.8 Å². The van der Waals surface area contributed by atoms with Crippen molar-refractivity contribution in [2.24, 2.45) is 0 Å². The van der Waals surface area contributed by atoms with E-state index < -0.39 is 20.7 Å². The molecule has 1 aromatic heterocycles. The Hall–Kier alpha value is -2.59. The van der Waals surface area contributed by atoms with Crippen LogP contribution in [0.2, 0.25) is 0 Å². The quantitative estimate of drug-likeness (QED) is 0.403. The van der Waals surface area contributed by atoms with E-state index in [1.807, 2.05) is 0 Å². The van der Waals surface area contributed by atoms with Gasteiger partial charge in [-0.2, -0.15) is 17.2 Å². The van der Waals surface area contributed by atoms with Crippen LogP contribution in [-0.2, 0) is 10.1 Å². The topological polar surface area (TPSA) is 112 Å². The number of aromatic nitrogens is 2. The van der Waals surface area contributed by atoms with Gasteiger partial charge < -0.3 is 4.18 Å². The second kappa shape index (κ2) is 5.56. The summed E-state index contributed by atoms with van der Waals surface area (Å²) >= 11 is 0.871. The molecule has 3 aromatic rings. The second-order valence-corrected chi connectivity index (χ2v) is 6.70. The lowest BCUT2D eigenvalue weighted by Crippen LogP contribution is -2.11. The zero-order valence-corrected chi connectivity index (χ0v) is 13.3. The van der Waals surface area contributed by atoms with E-state index in [0.29, 0.717) is 11.1 Å². The van der Waals surface area contributed by atoms with Crippen molar-refractivity contribution in [1.82, 2.24) is 8.75 Å². The van der Waals surface area contributed by atoms with E-state index in [4.69, 9.17) is 4.18 Å². The summed E-state index contributed by atoms with van der Waals surface area (Å²) in [6, 6.07) is 8.47. The molecule has 0 aliphatic rings. The molecule has 3 rings (SSSR count). The summed E-state index contributed by atoms with van der Waals surface area (Å²) in [6.07, 6.45) is 0. The van der Waals surface area contributed by atoms with Crippen molar-refractivity contribution >= 4 is 38.6 Å². The molecular formula is C13H9N3O5S2. The standard InChI is InChI=1S/C13H9N3O5S2/c1-8-5-6-11(10(7-8)16(17)18)21-23(19,20)12-4-2-3-9-13(12)15-22-14-9/h2-7H,1H3. The van der Waals surface area contributed by atoms with Gasteiger partial charge in [0.15, 0.2) is 0 Å². The van der Waals surface area contributed by atoms with Crippen molar-refractivity contribution in [3.05, 3.63) is 52.1 Å². The molecule has 2 aromatic carbocycles. The number of aryl methyl sites for hydroxylation is 1. The van der Waals surface area contributed by atoms with Crippen LogP contribution < -0.4 is 4.18 Å². The number of benzene rings is 2. The predicted octanol–water partition coefficient (Wildman–Crippen LogP) is 2.68. The van der Waals surface area contributed by atoms with E-state index in [-0.39, 0.29) is 16.2 Å². The summed E-state index contributed by atoms with van der Waals surface area (Å²) < 4.78 is 37.8. The third kappa shape index (κ3) is 2.85. The van der Waals surface area contributed by atoms with Crippen LogP contribution in [0.5, 0.6) is 5.75 Å². The Balaban J connectivity index is 2.09. The van der Waals surface area contributed by atoms with E-state index in [9.17, 15) is 18.5 Å². The Morgan fingerprint density at radius 1 is 1.22 bits per heavy atom. The molecule has 0 bridgehead atoms. The van der Waals surface area contributed by atoms with Gasteiger partial charge in [0.1, 0.15) is 15.9 Å². The second-order valence-electron chi connectivity index (χ2n) is 4.65. The van der Waals surface area contributed by atoms with Gasteiger partial charge in [-0.3, -0.25) is 10.1 Å². The SMILES string of the molecule is Cc1ccc(OS(=O)(=O)c2cccc3nsnc23)c([N+](=O)[O-])c1. The summed E-state index contributed by atoms with van der Waals surface area (Å²) in [5.74, 6) is -0.346. The van der Waals surface area contributed by atoms with Gasteiger partial charge in [0.05, 0.1) is 16.7 Å². The van der Waals surface area contributed by atoms with Crippen LogP contribution in [0.25, 0.3) is 11.0 Å². The number of fused-ring (bicyclic) bond motifs is 1. The van der Waals surface area contributed by atoms with E-state index in [0.717, 1.165) is 11.7 Å². The van der Waals surface area contributed by atoms with Crippen LogP contribution in [-0.4, -0.2) is 22.1 Å². The highest BCUT2D eigenvalue weighted by molar-refractivity contribution is 7.87. The first kappa shape index (κ1) is 15.3. The summed E-state index contributed by atoms with van der Waals surface area (Å²) in [6.45, 7) is 1.66. The summed E-state index contributed by atoms with van der Waals surface area (Å²) in [5, 5.41) is 11.1. The molecule has 0 aliphatic carbocycles. The van der Waals surface area contributed by atoms with Gasteiger partial charge in [0.2, 0.25) is 5.75 Å². The zero-order chi connectivity index (χ0) is 16.6. The van der Waals surface area contributed by atoms with Crippen LogP contribution in [0.4, 0.5) is 5.69 Å². The van der Waals surface area contributed by atoms with Crippen molar-refractivity contribution in [2.75, 3.05) is 0 Å². The number of hydrogen-bond acceptors (Lipinski definition) is 8. The maximum atomic E-state index is 12.5. The van der Waals surface area contributed by atoms with Gasteiger partial charge in [-0.15, -0.1) is 0 Å². The Bertz CT molecular complexity index is 1010. The molecule has 0 unspecified atom stereocenters. The molecule has 0 spiro atoms.